The van der Waals surface area contributed by atoms with Crippen LogP contribution in [0.5, 0.6) is 0 Å². The zero-order chi connectivity index (χ0) is 10.7. The molecule has 0 unspecified atom stereocenters. The number of nitrogens with zero attached hydrogens (tertiary/aromatic N) is 9. The molecule has 2 rings (SSSR count). The van der Waals surface area contributed by atoms with Gasteiger partial charge < -0.3 is 0 Å². The average Bonchev–Trinajstić information content (AvgIpc) is 2.78. The van der Waals surface area contributed by atoms with Gasteiger partial charge in [0.25, 0.3) is 0 Å². The molecule has 0 bridgehead atoms. The Labute approximate surface area is 80.8 Å². The highest BCUT2D eigenvalue weighted by atomic mass is 16.7. The summed E-state index contributed by atoms with van der Waals surface area (Å²) in [5.41, 5.74) is 2.96. The van der Waals surface area contributed by atoms with Gasteiger partial charge >= 0.3 is 0 Å². The van der Waals surface area contributed by atoms with Crippen LogP contribution in [0.4, 0.5) is 5.95 Å². The molecule has 0 fully saturated rings. The van der Waals surface area contributed by atoms with Crippen LogP contribution in [0.15, 0.2) is 0 Å². The Morgan fingerprint density at radius 2 is 2.40 bits per heavy atom. The zero-order valence-corrected chi connectivity index (χ0v) is 7.05. The molecule has 78 valence electrons. The first-order valence-electron chi connectivity index (χ1n) is 3.60. The van der Waals surface area contributed by atoms with E-state index in [9.17, 15) is 10.1 Å². The maximum absolute atomic E-state index is 10.1. The standard InChI is InChI=1S/C3H3N10O2/c14-13(15)7-3-6-10-11-12(3)1-2-4-8-9-5-2/h1H2,(H-,4,5,6,7,8,9,11)/q-1. The number of hydrogen-bond acceptors (Lipinski definition) is 8. The molecule has 2 heterocycles. The number of tetrazole rings is 2. The molecule has 0 aliphatic carbocycles. The van der Waals surface area contributed by atoms with E-state index in [0.29, 0.717) is 5.82 Å². The van der Waals surface area contributed by atoms with E-state index >= 15 is 0 Å². The third kappa shape index (κ3) is 1.98. The summed E-state index contributed by atoms with van der Waals surface area (Å²) < 4.78 is 1.08. The van der Waals surface area contributed by atoms with Crippen molar-refractivity contribution in [3.63, 3.8) is 0 Å². The summed E-state index contributed by atoms with van der Waals surface area (Å²) in [5.74, 6) is 0.0619. The SMILES string of the molecule is O=[N+]([O-])[N-]c1nnnn1Cc1nn[nH]n1. The lowest BCUT2D eigenvalue weighted by atomic mass is 10.6. The Bertz CT molecular complexity index is 445. The molecule has 15 heavy (non-hydrogen) atoms. The quantitative estimate of drug-likeness (QED) is 0.469. The van der Waals surface area contributed by atoms with E-state index in [1.54, 1.807) is 0 Å². The van der Waals surface area contributed by atoms with E-state index in [1.807, 2.05) is 0 Å². The van der Waals surface area contributed by atoms with Crippen LogP contribution in [0.2, 0.25) is 0 Å². The van der Waals surface area contributed by atoms with Gasteiger partial charge in [-0.1, -0.05) is 10.6 Å². The Balaban J connectivity index is 2.14. The van der Waals surface area contributed by atoms with Crippen LogP contribution in [0, 0.1) is 10.1 Å². The third-order valence-electron chi connectivity index (χ3n) is 1.36. The van der Waals surface area contributed by atoms with Gasteiger partial charge in [-0.2, -0.15) is 5.21 Å². The van der Waals surface area contributed by atoms with Crippen LogP contribution in [0.25, 0.3) is 5.43 Å². The normalized spacial score (nSPS) is 10.1. The maximum atomic E-state index is 10.1. The highest BCUT2D eigenvalue weighted by Crippen LogP contribution is 2.11. The Hall–Kier alpha value is -2.66. The van der Waals surface area contributed by atoms with Gasteiger partial charge in [0.2, 0.25) is 0 Å². The van der Waals surface area contributed by atoms with Gasteiger partial charge in [-0.3, -0.25) is 4.68 Å². The van der Waals surface area contributed by atoms with Gasteiger partial charge in [-0.05, 0) is 0 Å². The topological polar surface area (TPSA) is 155 Å². The minimum Gasteiger partial charge on any atom is -0.296 e. The van der Waals surface area contributed by atoms with Gasteiger partial charge in [-0.25, -0.2) is 15.2 Å². The first-order chi connectivity index (χ1) is 7.25. The van der Waals surface area contributed by atoms with Crippen molar-refractivity contribution in [2.75, 3.05) is 0 Å². The van der Waals surface area contributed by atoms with E-state index in [2.05, 4.69) is 41.6 Å². The smallest absolute Gasteiger partial charge is 0.182 e. The van der Waals surface area contributed by atoms with Gasteiger partial charge in [-0.15, -0.1) is 20.6 Å². The summed E-state index contributed by atoms with van der Waals surface area (Å²) in [6.45, 7) is 0.0518. The van der Waals surface area contributed by atoms with E-state index < -0.39 is 5.03 Å². The van der Waals surface area contributed by atoms with E-state index in [0.717, 1.165) is 4.68 Å². The molecule has 12 nitrogen and oxygen atoms in total. The second-order valence-corrected chi connectivity index (χ2v) is 2.30. The molecule has 0 saturated heterocycles. The van der Waals surface area contributed by atoms with Crippen molar-refractivity contribution in [1.82, 2.24) is 40.8 Å². The maximum Gasteiger partial charge on any atom is 0.182 e. The molecule has 0 aromatic carbocycles. The molecule has 0 aliphatic rings. The number of aromatic nitrogens is 8. The molecule has 12 heteroatoms. The number of nitro groups is 1. The van der Waals surface area contributed by atoms with Crippen LogP contribution in [0.1, 0.15) is 5.82 Å². The summed E-state index contributed by atoms with van der Waals surface area (Å²) in [6, 6.07) is 0. The van der Waals surface area contributed by atoms with Gasteiger partial charge in [0.05, 0.1) is 6.54 Å². The minimum atomic E-state index is -0.890. The molecule has 0 atom stereocenters. The van der Waals surface area contributed by atoms with Crippen molar-refractivity contribution >= 4 is 5.95 Å². The van der Waals surface area contributed by atoms with Gasteiger partial charge in [0.1, 0.15) is 11.0 Å². The summed E-state index contributed by atoms with van der Waals surface area (Å²) in [4.78, 5) is 10.1. The Morgan fingerprint density at radius 1 is 1.53 bits per heavy atom. The predicted molar refractivity (Wildman–Crippen MR) is 41.1 cm³/mol. The highest BCUT2D eigenvalue weighted by molar-refractivity contribution is 5.23. The zero-order valence-electron chi connectivity index (χ0n) is 7.05. The fourth-order valence-electron chi connectivity index (χ4n) is 0.830. The van der Waals surface area contributed by atoms with Gasteiger partial charge in [0, 0.05) is 0 Å². The largest absolute Gasteiger partial charge is 0.296 e. The van der Waals surface area contributed by atoms with Crippen molar-refractivity contribution < 1.29 is 5.03 Å². The number of aromatic amines is 1. The van der Waals surface area contributed by atoms with Crippen molar-refractivity contribution in [1.29, 1.82) is 0 Å². The van der Waals surface area contributed by atoms with Crippen LogP contribution < -0.4 is 0 Å². The van der Waals surface area contributed by atoms with Crippen LogP contribution in [0.3, 0.4) is 0 Å². The van der Waals surface area contributed by atoms with Crippen molar-refractivity contribution in [2.24, 2.45) is 0 Å². The average molecular weight is 211 g/mol. The molecule has 0 radical (unpaired) electrons. The first kappa shape index (κ1) is 8.92. The van der Waals surface area contributed by atoms with Crippen molar-refractivity contribution in [3.05, 3.63) is 21.4 Å². The number of nitrogens with one attached hydrogen (secondary N) is 1. The lowest BCUT2D eigenvalue weighted by Gasteiger charge is -2.04. The Morgan fingerprint density at radius 3 is 3.07 bits per heavy atom. The Kier molecular flexibility index (Phi) is 2.14. The molecule has 0 spiro atoms. The first-order valence-corrected chi connectivity index (χ1v) is 3.60. The van der Waals surface area contributed by atoms with Crippen molar-refractivity contribution in [3.8, 4) is 0 Å². The van der Waals surface area contributed by atoms with Gasteiger partial charge in [0.15, 0.2) is 5.82 Å². The molecule has 2 aromatic rings. The third-order valence-corrected chi connectivity index (χ3v) is 1.36. The van der Waals surface area contributed by atoms with E-state index in [1.165, 1.54) is 0 Å². The second-order valence-electron chi connectivity index (χ2n) is 2.30. The molecule has 0 amide bonds. The molecule has 2 aromatic heterocycles. The predicted octanol–water partition coefficient (Wildman–Crippen LogP) is -1.57. The molecule has 1 N–H and O–H groups in total. The molecule has 0 aliphatic heterocycles. The second kappa shape index (κ2) is 3.60. The van der Waals surface area contributed by atoms with Crippen molar-refractivity contribution in [2.45, 2.75) is 6.54 Å². The van der Waals surface area contributed by atoms with E-state index in [-0.39, 0.29) is 12.5 Å². The summed E-state index contributed by atoms with van der Waals surface area (Å²) >= 11 is 0. The summed E-state index contributed by atoms with van der Waals surface area (Å²) in [6.07, 6.45) is 0. The summed E-state index contributed by atoms with van der Waals surface area (Å²) in [7, 11) is 0. The number of rotatable bonds is 4. The van der Waals surface area contributed by atoms with E-state index in [4.69, 9.17) is 0 Å². The summed E-state index contributed by atoms with van der Waals surface area (Å²) in [5, 5.41) is 32.1. The lowest BCUT2D eigenvalue weighted by Crippen LogP contribution is -2.05. The number of hydrogen-bond donors (Lipinski definition) is 1. The van der Waals surface area contributed by atoms with Crippen LogP contribution in [-0.2, 0) is 6.54 Å². The number of H-pyrrole nitrogens is 1. The fraction of sp³-hybridized carbons (Fsp3) is 0.333. The molecule has 0 saturated carbocycles. The van der Waals surface area contributed by atoms with Crippen LogP contribution >= 0.6 is 0 Å². The monoisotopic (exact) mass is 211 g/mol. The van der Waals surface area contributed by atoms with Crippen LogP contribution in [-0.4, -0.2) is 45.9 Å². The minimum absolute atomic E-state index is 0.0518. The molecular formula is C3H3N10O2-. The highest BCUT2D eigenvalue weighted by Gasteiger charge is 2.04. The molecular weight excluding hydrogens is 208 g/mol. The fourth-order valence-corrected chi connectivity index (χ4v) is 0.830. The lowest BCUT2D eigenvalue weighted by molar-refractivity contribution is -0.419.